The van der Waals surface area contributed by atoms with Crippen LogP contribution in [0.25, 0.3) is 0 Å². The van der Waals surface area contributed by atoms with Gasteiger partial charge in [0.05, 0.1) is 10.7 Å². The van der Waals surface area contributed by atoms with E-state index in [0.717, 1.165) is 5.56 Å². The number of halogens is 1. The molecule has 2 aromatic rings. The number of hydrogen-bond acceptors (Lipinski definition) is 3. The number of amides is 1. The average Bonchev–Trinajstić information content (AvgIpc) is 2.40. The monoisotopic (exact) mass is 276 g/mol. The predicted octanol–water partition coefficient (Wildman–Crippen LogP) is 2.60. The van der Waals surface area contributed by atoms with Crippen LogP contribution < -0.4 is 16.2 Å². The maximum Gasteiger partial charge on any atom is 0.248 e. The third-order valence-corrected chi connectivity index (χ3v) is 2.94. The van der Waals surface area contributed by atoms with Gasteiger partial charge in [0.1, 0.15) is 12.4 Å². The van der Waals surface area contributed by atoms with Crippen LogP contribution in [0.3, 0.4) is 0 Å². The van der Waals surface area contributed by atoms with Crippen molar-refractivity contribution in [2.75, 3.05) is 5.73 Å². The lowest BCUT2D eigenvalue weighted by Gasteiger charge is -2.08. The van der Waals surface area contributed by atoms with Gasteiger partial charge in [-0.3, -0.25) is 4.79 Å². The first-order valence-corrected chi connectivity index (χ1v) is 6.00. The van der Waals surface area contributed by atoms with Crippen LogP contribution >= 0.6 is 11.6 Å². The summed E-state index contributed by atoms with van der Waals surface area (Å²) in [4.78, 5) is 10.9. The van der Waals surface area contributed by atoms with Gasteiger partial charge in [-0.25, -0.2) is 0 Å². The highest BCUT2D eigenvalue weighted by molar-refractivity contribution is 6.33. The number of primary amides is 1. The summed E-state index contributed by atoms with van der Waals surface area (Å²) in [5, 5.41) is 0.460. The van der Waals surface area contributed by atoms with E-state index in [1.54, 1.807) is 42.5 Å². The maximum absolute atomic E-state index is 10.9. The summed E-state index contributed by atoms with van der Waals surface area (Å²) in [6.07, 6.45) is 0. The highest BCUT2D eigenvalue weighted by Gasteiger charge is 2.02. The largest absolute Gasteiger partial charge is 0.489 e. The lowest BCUT2D eigenvalue weighted by molar-refractivity contribution is 0.1000. The van der Waals surface area contributed by atoms with Gasteiger partial charge in [0.25, 0.3) is 0 Å². The van der Waals surface area contributed by atoms with Crippen LogP contribution in [0.5, 0.6) is 5.75 Å². The van der Waals surface area contributed by atoms with E-state index in [2.05, 4.69) is 0 Å². The Kier molecular flexibility index (Phi) is 3.92. The van der Waals surface area contributed by atoms with Gasteiger partial charge < -0.3 is 16.2 Å². The molecule has 1 amide bonds. The van der Waals surface area contributed by atoms with Crippen molar-refractivity contribution in [3.63, 3.8) is 0 Å². The van der Waals surface area contributed by atoms with E-state index in [1.807, 2.05) is 0 Å². The van der Waals surface area contributed by atoms with Gasteiger partial charge in [0.15, 0.2) is 0 Å². The van der Waals surface area contributed by atoms with Crippen molar-refractivity contribution >= 4 is 23.2 Å². The zero-order valence-electron chi connectivity index (χ0n) is 10.1. The van der Waals surface area contributed by atoms with Crippen LogP contribution in [-0.4, -0.2) is 5.91 Å². The Balaban J connectivity index is 2.01. The fourth-order valence-corrected chi connectivity index (χ4v) is 1.70. The molecule has 0 aromatic heterocycles. The zero-order chi connectivity index (χ0) is 13.8. The van der Waals surface area contributed by atoms with Crippen LogP contribution in [0.15, 0.2) is 42.5 Å². The van der Waals surface area contributed by atoms with E-state index in [1.165, 1.54) is 0 Å². The summed E-state index contributed by atoms with van der Waals surface area (Å²) in [5.74, 6) is 0.191. The summed E-state index contributed by atoms with van der Waals surface area (Å²) < 4.78 is 5.57. The summed E-state index contributed by atoms with van der Waals surface area (Å²) >= 11 is 5.89. The summed E-state index contributed by atoms with van der Waals surface area (Å²) in [6.45, 7) is 0.374. The number of rotatable bonds is 4. The number of nitrogen functional groups attached to an aromatic ring is 1. The van der Waals surface area contributed by atoms with Gasteiger partial charge in [-0.2, -0.15) is 0 Å². The van der Waals surface area contributed by atoms with Crippen molar-refractivity contribution in [3.05, 3.63) is 58.6 Å². The van der Waals surface area contributed by atoms with Gasteiger partial charge in [-0.1, -0.05) is 23.7 Å². The fraction of sp³-hybridized carbons (Fsp3) is 0.0714. The first kappa shape index (κ1) is 13.2. The molecule has 0 unspecified atom stereocenters. The van der Waals surface area contributed by atoms with Crippen molar-refractivity contribution in [1.82, 2.24) is 0 Å². The molecule has 0 fully saturated rings. The van der Waals surface area contributed by atoms with Crippen molar-refractivity contribution in [1.29, 1.82) is 0 Å². The van der Waals surface area contributed by atoms with E-state index in [0.29, 0.717) is 28.6 Å². The molecule has 0 aliphatic heterocycles. The first-order valence-electron chi connectivity index (χ1n) is 5.63. The van der Waals surface area contributed by atoms with Gasteiger partial charge in [0, 0.05) is 11.6 Å². The second kappa shape index (κ2) is 5.63. The minimum absolute atomic E-state index is 0.374. The standard InChI is InChI=1S/C14H13ClN2O2/c15-12-7-11(5-6-13(12)16)19-8-9-1-3-10(4-2-9)14(17)18/h1-7H,8,16H2,(H2,17,18). The normalized spacial score (nSPS) is 10.2. The Morgan fingerprint density at radius 1 is 1.16 bits per heavy atom. The number of carbonyl (C=O) groups excluding carboxylic acids is 1. The molecular weight excluding hydrogens is 264 g/mol. The highest BCUT2D eigenvalue weighted by atomic mass is 35.5. The van der Waals surface area contributed by atoms with Crippen molar-refractivity contribution < 1.29 is 9.53 Å². The van der Waals surface area contributed by atoms with E-state index in [9.17, 15) is 4.79 Å². The van der Waals surface area contributed by atoms with Crippen LogP contribution in [0.1, 0.15) is 15.9 Å². The van der Waals surface area contributed by atoms with E-state index in [4.69, 9.17) is 27.8 Å². The van der Waals surface area contributed by atoms with Gasteiger partial charge in [0.2, 0.25) is 5.91 Å². The number of nitrogens with two attached hydrogens (primary N) is 2. The molecule has 0 heterocycles. The first-order chi connectivity index (χ1) is 9.06. The quantitative estimate of drug-likeness (QED) is 0.843. The third-order valence-electron chi connectivity index (χ3n) is 2.62. The van der Waals surface area contributed by atoms with Gasteiger partial charge in [-0.15, -0.1) is 0 Å². The molecule has 2 rings (SSSR count). The Morgan fingerprint density at radius 3 is 2.42 bits per heavy atom. The molecule has 0 aliphatic carbocycles. The number of anilines is 1. The lowest BCUT2D eigenvalue weighted by atomic mass is 10.1. The second-order valence-electron chi connectivity index (χ2n) is 4.03. The number of ether oxygens (including phenoxy) is 1. The van der Waals surface area contributed by atoms with E-state index >= 15 is 0 Å². The second-order valence-corrected chi connectivity index (χ2v) is 4.44. The molecule has 4 N–H and O–H groups in total. The Labute approximate surface area is 115 Å². The SMILES string of the molecule is NC(=O)c1ccc(COc2ccc(N)c(Cl)c2)cc1. The number of carbonyl (C=O) groups is 1. The van der Waals surface area contributed by atoms with Crippen LogP contribution in [-0.2, 0) is 6.61 Å². The van der Waals surface area contributed by atoms with Crippen molar-refractivity contribution in [3.8, 4) is 5.75 Å². The predicted molar refractivity (Wildman–Crippen MR) is 75.2 cm³/mol. The van der Waals surface area contributed by atoms with Gasteiger partial charge >= 0.3 is 0 Å². The molecule has 0 saturated carbocycles. The minimum Gasteiger partial charge on any atom is -0.489 e. The van der Waals surface area contributed by atoms with E-state index in [-0.39, 0.29) is 0 Å². The van der Waals surface area contributed by atoms with E-state index < -0.39 is 5.91 Å². The molecule has 0 spiro atoms. The molecule has 0 aliphatic rings. The molecular formula is C14H13ClN2O2. The molecule has 0 radical (unpaired) electrons. The summed E-state index contributed by atoms with van der Waals surface area (Å²) in [5.41, 5.74) is 12.7. The molecule has 5 heteroatoms. The highest BCUT2D eigenvalue weighted by Crippen LogP contribution is 2.24. The molecule has 19 heavy (non-hydrogen) atoms. The van der Waals surface area contributed by atoms with Crippen LogP contribution in [0.4, 0.5) is 5.69 Å². The summed E-state index contributed by atoms with van der Waals surface area (Å²) in [6, 6.07) is 12.0. The molecule has 2 aromatic carbocycles. The third kappa shape index (κ3) is 3.39. The van der Waals surface area contributed by atoms with Crippen LogP contribution in [0, 0.1) is 0 Å². The van der Waals surface area contributed by atoms with Crippen LogP contribution in [0.2, 0.25) is 5.02 Å². The smallest absolute Gasteiger partial charge is 0.248 e. The Morgan fingerprint density at radius 2 is 1.84 bits per heavy atom. The van der Waals surface area contributed by atoms with Gasteiger partial charge in [-0.05, 0) is 29.8 Å². The molecule has 98 valence electrons. The minimum atomic E-state index is -0.446. The number of hydrogen-bond donors (Lipinski definition) is 2. The topological polar surface area (TPSA) is 78.3 Å². The average molecular weight is 277 g/mol. The lowest BCUT2D eigenvalue weighted by Crippen LogP contribution is -2.10. The van der Waals surface area contributed by atoms with Crippen molar-refractivity contribution in [2.24, 2.45) is 5.73 Å². The molecule has 0 saturated heterocycles. The fourth-order valence-electron chi connectivity index (χ4n) is 1.53. The maximum atomic E-state index is 10.9. The van der Waals surface area contributed by atoms with Crippen molar-refractivity contribution in [2.45, 2.75) is 6.61 Å². The molecule has 4 nitrogen and oxygen atoms in total. The molecule has 0 bridgehead atoms. The Bertz CT molecular complexity index is 597. The molecule has 0 atom stereocenters. The zero-order valence-corrected chi connectivity index (χ0v) is 10.9. The number of benzene rings is 2. The Hall–Kier alpha value is -2.20. The summed E-state index contributed by atoms with van der Waals surface area (Å²) in [7, 11) is 0.